The molecule has 0 saturated heterocycles. The number of urea groups is 1. The number of amides is 4. The van der Waals surface area contributed by atoms with Crippen LogP contribution in [0.3, 0.4) is 0 Å². The predicted molar refractivity (Wildman–Crippen MR) is 138 cm³/mol. The molecule has 1 aliphatic carbocycles. The average Bonchev–Trinajstić information content (AvgIpc) is 2.89. The molecule has 37 heavy (non-hydrogen) atoms. The van der Waals surface area contributed by atoms with E-state index in [1.54, 1.807) is 41.3 Å². The number of benzene rings is 2. The zero-order valence-corrected chi connectivity index (χ0v) is 20.9. The number of aliphatic carboxylic acids is 1. The Morgan fingerprint density at radius 1 is 0.919 bits per heavy atom. The molecule has 2 aromatic carbocycles. The van der Waals surface area contributed by atoms with Gasteiger partial charge < -0.3 is 31.1 Å². The molecule has 1 saturated carbocycles. The fourth-order valence-corrected chi connectivity index (χ4v) is 4.42. The summed E-state index contributed by atoms with van der Waals surface area (Å²) in [5.41, 5.74) is 1.78. The highest BCUT2D eigenvalue weighted by Crippen LogP contribution is 2.29. The minimum absolute atomic E-state index is 0.0417. The average molecular weight is 511 g/mol. The van der Waals surface area contributed by atoms with Crippen molar-refractivity contribution in [3.05, 3.63) is 59.7 Å². The Kier molecular flexibility index (Phi) is 9.88. The van der Waals surface area contributed by atoms with Crippen LogP contribution < -0.4 is 16.0 Å². The lowest BCUT2D eigenvalue weighted by Crippen LogP contribution is -2.45. The predicted octanol–water partition coefficient (Wildman–Crippen LogP) is 3.33. The summed E-state index contributed by atoms with van der Waals surface area (Å²) in [4.78, 5) is 50.2. The van der Waals surface area contributed by atoms with E-state index >= 15 is 0 Å². The molecule has 0 atom stereocenters. The highest BCUT2D eigenvalue weighted by Gasteiger charge is 2.31. The fourth-order valence-electron chi connectivity index (χ4n) is 4.42. The summed E-state index contributed by atoms with van der Waals surface area (Å²) in [7, 11) is 0. The van der Waals surface area contributed by atoms with Crippen molar-refractivity contribution in [2.75, 3.05) is 18.4 Å². The highest BCUT2D eigenvalue weighted by atomic mass is 16.4. The van der Waals surface area contributed by atoms with Gasteiger partial charge in [-0.05, 0) is 74.6 Å². The van der Waals surface area contributed by atoms with Gasteiger partial charge in [0.2, 0.25) is 5.91 Å². The molecular weight excluding hydrogens is 476 g/mol. The molecule has 0 spiro atoms. The Morgan fingerprint density at radius 3 is 2.16 bits per heavy atom. The quantitative estimate of drug-likeness (QED) is 0.310. The molecule has 10 heteroatoms. The van der Waals surface area contributed by atoms with E-state index < -0.39 is 5.97 Å². The first-order valence-corrected chi connectivity index (χ1v) is 12.5. The first kappa shape index (κ1) is 27.5. The molecule has 198 valence electrons. The lowest BCUT2D eigenvalue weighted by atomic mass is 9.84. The lowest BCUT2D eigenvalue weighted by molar-refractivity contribution is -0.136. The van der Waals surface area contributed by atoms with Crippen molar-refractivity contribution >= 4 is 29.5 Å². The smallest absolute Gasteiger partial charge is 0.322 e. The number of aromatic hydroxyl groups is 1. The molecule has 10 nitrogen and oxygen atoms in total. The number of phenolic OH excluding ortho intramolecular Hbond substituents is 1. The monoisotopic (exact) mass is 510 g/mol. The second-order valence-corrected chi connectivity index (χ2v) is 9.10. The third-order valence-corrected chi connectivity index (χ3v) is 6.43. The molecule has 0 bridgehead atoms. The summed E-state index contributed by atoms with van der Waals surface area (Å²) in [6.07, 6.45) is 2.60. The Bertz CT molecular complexity index is 1080. The summed E-state index contributed by atoms with van der Waals surface area (Å²) in [6.45, 7) is 2.83. The molecule has 0 unspecified atom stereocenters. The van der Waals surface area contributed by atoms with Crippen LogP contribution in [0.2, 0.25) is 0 Å². The van der Waals surface area contributed by atoms with Gasteiger partial charge in [-0.25, -0.2) is 4.79 Å². The third-order valence-electron chi connectivity index (χ3n) is 6.43. The SMILES string of the molecule is CCNC(=O)C1CCC(N(Cc2ccc(C(=O)NCCC(=O)O)cc2)C(=O)Nc2ccc(O)cc2)CC1. The second-order valence-electron chi connectivity index (χ2n) is 9.10. The number of carboxylic acids is 1. The van der Waals surface area contributed by atoms with Gasteiger partial charge in [-0.1, -0.05) is 12.1 Å². The number of carbonyl (C=O) groups is 4. The molecule has 1 aliphatic rings. The maximum absolute atomic E-state index is 13.3. The lowest BCUT2D eigenvalue weighted by Gasteiger charge is -2.36. The normalized spacial score (nSPS) is 16.9. The van der Waals surface area contributed by atoms with Gasteiger partial charge in [0.15, 0.2) is 0 Å². The number of carbonyl (C=O) groups excluding carboxylic acids is 3. The molecule has 4 amide bonds. The number of nitrogens with zero attached hydrogens (tertiary/aromatic N) is 1. The van der Waals surface area contributed by atoms with Gasteiger partial charge in [0, 0.05) is 42.8 Å². The van der Waals surface area contributed by atoms with E-state index in [1.807, 2.05) is 6.92 Å². The molecule has 0 heterocycles. The van der Waals surface area contributed by atoms with Gasteiger partial charge >= 0.3 is 12.0 Å². The second kappa shape index (κ2) is 13.3. The Hall–Kier alpha value is -4.08. The molecule has 0 aliphatic heterocycles. The highest BCUT2D eigenvalue weighted by molar-refractivity contribution is 5.94. The van der Waals surface area contributed by atoms with Crippen molar-refractivity contribution in [3.63, 3.8) is 0 Å². The largest absolute Gasteiger partial charge is 0.508 e. The Balaban J connectivity index is 1.70. The number of anilines is 1. The van der Waals surface area contributed by atoms with E-state index in [0.717, 1.165) is 5.56 Å². The number of hydrogen-bond acceptors (Lipinski definition) is 5. The number of carboxylic acid groups (broad SMARTS) is 1. The van der Waals surface area contributed by atoms with Crippen LogP contribution >= 0.6 is 0 Å². The molecule has 1 fully saturated rings. The maximum atomic E-state index is 13.3. The summed E-state index contributed by atoms with van der Waals surface area (Å²) < 4.78 is 0. The molecular formula is C27H34N4O6. The van der Waals surface area contributed by atoms with Crippen LogP contribution in [0.15, 0.2) is 48.5 Å². The first-order valence-electron chi connectivity index (χ1n) is 12.5. The molecule has 2 aromatic rings. The van der Waals surface area contributed by atoms with Crippen molar-refractivity contribution in [3.8, 4) is 5.75 Å². The third kappa shape index (κ3) is 8.23. The van der Waals surface area contributed by atoms with Crippen LogP contribution in [0.1, 0.15) is 54.9 Å². The van der Waals surface area contributed by atoms with E-state index in [1.165, 1.54) is 12.1 Å². The molecule has 0 radical (unpaired) electrons. The fraction of sp³-hybridized carbons (Fsp3) is 0.407. The zero-order valence-electron chi connectivity index (χ0n) is 20.9. The number of phenols is 1. The van der Waals surface area contributed by atoms with Crippen LogP contribution in [0.5, 0.6) is 5.75 Å². The summed E-state index contributed by atoms with van der Waals surface area (Å²) in [6, 6.07) is 12.7. The van der Waals surface area contributed by atoms with Crippen LogP contribution in [0.25, 0.3) is 0 Å². The standard InChI is InChI=1S/C27H34N4O6/c1-2-28-25(35)20-7-11-22(12-8-20)31(27(37)30-21-9-13-23(32)14-10-21)17-18-3-5-19(6-4-18)26(36)29-16-15-24(33)34/h3-6,9-10,13-14,20,22,32H,2,7-8,11-12,15-17H2,1H3,(H,28,35)(H,29,36)(H,30,37)(H,33,34). The zero-order chi connectivity index (χ0) is 26.8. The van der Waals surface area contributed by atoms with Crippen LogP contribution in [-0.2, 0) is 16.1 Å². The van der Waals surface area contributed by atoms with Crippen LogP contribution in [0.4, 0.5) is 10.5 Å². The van der Waals surface area contributed by atoms with Gasteiger partial charge in [0.05, 0.1) is 6.42 Å². The van der Waals surface area contributed by atoms with Crippen molar-refractivity contribution in [1.82, 2.24) is 15.5 Å². The molecule has 5 N–H and O–H groups in total. The van der Waals surface area contributed by atoms with E-state index in [0.29, 0.717) is 50.0 Å². The summed E-state index contributed by atoms with van der Waals surface area (Å²) in [5, 5.41) is 26.6. The van der Waals surface area contributed by atoms with E-state index in [-0.39, 0.29) is 48.5 Å². The molecule has 0 aromatic heterocycles. The number of hydrogen-bond donors (Lipinski definition) is 5. The Morgan fingerprint density at radius 2 is 1.57 bits per heavy atom. The van der Waals surface area contributed by atoms with Gasteiger partial charge in [-0.3, -0.25) is 14.4 Å². The van der Waals surface area contributed by atoms with E-state index in [9.17, 15) is 24.3 Å². The van der Waals surface area contributed by atoms with Crippen molar-refractivity contribution in [2.45, 2.75) is 51.6 Å². The molecule has 3 rings (SSSR count). The van der Waals surface area contributed by atoms with Crippen molar-refractivity contribution in [2.24, 2.45) is 5.92 Å². The Labute approximate surface area is 216 Å². The topological polar surface area (TPSA) is 148 Å². The van der Waals surface area contributed by atoms with E-state index in [4.69, 9.17) is 5.11 Å². The van der Waals surface area contributed by atoms with Crippen LogP contribution in [0, 0.1) is 5.92 Å². The van der Waals surface area contributed by atoms with Crippen molar-refractivity contribution < 1.29 is 29.4 Å². The summed E-state index contributed by atoms with van der Waals surface area (Å²) in [5.74, 6) is -1.25. The first-order chi connectivity index (χ1) is 17.8. The number of rotatable bonds is 10. The number of nitrogens with one attached hydrogen (secondary N) is 3. The minimum atomic E-state index is -0.985. The minimum Gasteiger partial charge on any atom is -0.508 e. The maximum Gasteiger partial charge on any atom is 0.322 e. The summed E-state index contributed by atoms with van der Waals surface area (Å²) >= 11 is 0. The van der Waals surface area contributed by atoms with Crippen molar-refractivity contribution in [1.29, 1.82) is 0 Å². The van der Waals surface area contributed by atoms with Gasteiger partial charge in [0.1, 0.15) is 5.75 Å². The van der Waals surface area contributed by atoms with Crippen LogP contribution in [-0.4, -0.2) is 58.1 Å². The van der Waals surface area contributed by atoms with E-state index in [2.05, 4.69) is 16.0 Å². The van der Waals surface area contributed by atoms with Gasteiger partial charge in [0.25, 0.3) is 5.91 Å². The van der Waals surface area contributed by atoms with Gasteiger partial charge in [-0.15, -0.1) is 0 Å². The van der Waals surface area contributed by atoms with Gasteiger partial charge in [-0.2, -0.15) is 0 Å².